The second-order valence-electron chi connectivity index (χ2n) is 5.12. The van der Waals surface area contributed by atoms with E-state index in [0.717, 1.165) is 17.7 Å². The summed E-state index contributed by atoms with van der Waals surface area (Å²) in [6.45, 7) is 2.74. The first kappa shape index (κ1) is 15.7. The zero-order valence-corrected chi connectivity index (χ0v) is 11.8. The molecule has 6 heteroatoms. The topological polar surface area (TPSA) is 29.5 Å². The number of amides is 1. The van der Waals surface area contributed by atoms with E-state index in [1.54, 1.807) is 0 Å². The van der Waals surface area contributed by atoms with Crippen LogP contribution in [-0.2, 0) is 11.2 Å². The number of para-hydroxylation sites is 1. The highest BCUT2D eigenvalue weighted by Crippen LogP contribution is 2.25. The minimum Gasteiger partial charge on any atom is -0.486 e. The van der Waals surface area contributed by atoms with E-state index in [1.165, 1.54) is 4.90 Å². The predicted octanol–water partition coefficient (Wildman–Crippen LogP) is 3.18. The zero-order chi connectivity index (χ0) is 15.5. The number of aryl methyl sites for hydroxylation is 1. The number of hydrogen-bond donors (Lipinski definition) is 0. The van der Waals surface area contributed by atoms with Gasteiger partial charge in [-0.05, 0) is 18.1 Å². The molecule has 21 heavy (non-hydrogen) atoms. The molecule has 2 rings (SSSR count). The largest absolute Gasteiger partial charge is 0.486 e. The number of benzene rings is 1. The van der Waals surface area contributed by atoms with Gasteiger partial charge in [0.05, 0.1) is 19.5 Å². The van der Waals surface area contributed by atoms with Crippen molar-refractivity contribution in [2.45, 2.75) is 38.5 Å². The van der Waals surface area contributed by atoms with E-state index in [2.05, 4.69) is 0 Å². The van der Waals surface area contributed by atoms with E-state index in [4.69, 9.17) is 4.74 Å². The van der Waals surface area contributed by atoms with Crippen molar-refractivity contribution in [3.63, 3.8) is 0 Å². The maximum atomic E-state index is 12.1. The van der Waals surface area contributed by atoms with Crippen LogP contribution in [0.1, 0.15) is 25.3 Å². The molecule has 0 saturated carbocycles. The fourth-order valence-corrected chi connectivity index (χ4v) is 2.21. The number of carbonyl (C=O) groups excluding carboxylic acids is 1. The summed E-state index contributed by atoms with van der Waals surface area (Å²) in [5, 5.41) is 0. The van der Waals surface area contributed by atoms with Crippen molar-refractivity contribution in [2.24, 2.45) is 0 Å². The van der Waals surface area contributed by atoms with E-state index < -0.39 is 24.9 Å². The number of hydrogen-bond acceptors (Lipinski definition) is 2. The van der Waals surface area contributed by atoms with Gasteiger partial charge < -0.3 is 9.64 Å². The first-order chi connectivity index (χ1) is 9.89. The molecule has 0 unspecified atom stereocenters. The van der Waals surface area contributed by atoms with Crippen LogP contribution in [0.4, 0.5) is 13.2 Å². The van der Waals surface area contributed by atoms with Gasteiger partial charge in [0, 0.05) is 6.42 Å². The fourth-order valence-electron chi connectivity index (χ4n) is 2.21. The highest BCUT2D eigenvalue weighted by molar-refractivity contribution is 5.77. The molecule has 1 aliphatic rings. The highest BCUT2D eigenvalue weighted by atomic mass is 19.4. The van der Waals surface area contributed by atoms with Crippen molar-refractivity contribution in [3.8, 4) is 5.75 Å². The van der Waals surface area contributed by atoms with Gasteiger partial charge in [-0.25, -0.2) is 0 Å². The summed E-state index contributed by atoms with van der Waals surface area (Å²) in [4.78, 5) is 13.0. The fraction of sp³-hybridized carbons (Fsp3) is 0.533. The monoisotopic (exact) mass is 301 g/mol. The Balaban J connectivity index is 1.78. The van der Waals surface area contributed by atoms with Crippen LogP contribution in [0.2, 0.25) is 0 Å². The van der Waals surface area contributed by atoms with Crippen LogP contribution in [0.3, 0.4) is 0 Å². The Morgan fingerprint density at radius 2 is 2.00 bits per heavy atom. The minimum atomic E-state index is -4.28. The van der Waals surface area contributed by atoms with E-state index >= 15 is 0 Å². The smallest absolute Gasteiger partial charge is 0.389 e. The van der Waals surface area contributed by atoms with Crippen LogP contribution in [0.25, 0.3) is 0 Å². The first-order valence-corrected chi connectivity index (χ1v) is 6.98. The van der Waals surface area contributed by atoms with Crippen molar-refractivity contribution in [2.75, 3.05) is 13.1 Å². The van der Waals surface area contributed by atoms with Crippen LogP contribution in [0.5, 0.6) is 5.75 Å². The van der Waals surface area contributed by atoms with Crippen molar-refractivity contribution < 1.29 is 22.7 Å². The maximum Gasteiger partial charge on any atom is 0.389 e. The zero-order valence-electron chi connectivity index (χ0n) is 11.8. The lowest BCUT2D eigenvalue weighted by Gasteiger charge is -2.39. The molecule has 1 saturated heterocycles. The molecule has 0 aromatic heterocycles. The first-order valence-electron chi connectivity index (χ1n) is 6.98. The van der Waals surface area contributed by atoms with E-state index in [1.807, 2.05) is 31.2 Å². The molecule has 0 radical (unpaired) electrons. The van der Waals surface area contributed by atoms with Gasteiger partial charge in [0.25, 0.3) is 0 Å². The van der Waals surface area contributed by atoms with Gasteiger partial charge in [0.2, 0.25) is 5.91 Å². The third kappa shape index (κ3) is 4.37. The molecule has 0 aliphatic carbocycles. The Bertz CT molecular complexity index is 496. The molecule has 1 heterocycles. The third-order valence-corrected chi connectivity index (χ3v) is 3.47. The number of nitrogens with zero attached hydrogens (tertiary/aromatic N) is 1. The number of halogens is 3. The lowest BCUT2D eigenvalue weighted by Crippen LogP contribution is -2.56. The summed E-state index contributed by atoms with van der Waals surface area (Å²) in [6, 6.07) is 7.64. The number of carbonyl (C=O) groups is 1. The Morgan fingerprint density at radius 3 is 2.62 bits per heavy atom. The van der Waals surface area contributed by atoms with Crippen LogP contribution < -0.4 is 4.74 Å². The normalized spacial score (nSPS) is 15.7. The molecular weight excluding hydrogens is 283 g/mol. The molecule has 116 valence electrons. The number of ether oxygens (including phenoxy) is 1. The molecule has 0 bridgehead atoms. The van der Waals surface area contributed by atoms with Gasteiger partial charge in [0.1, 0.15) is 11.9 Å². The van der Waals surface area contributed by atoms with Gasteiger partial charge in [-0.3, -0.25) is 4.79 Å². The molecule has 0 spiro atoms. The van der Waals surface area contributed by atoms with Gasteiger partial charge in [-0.15, -0.1) is 0 Å². The van der Waals surface area contributed by atoms with Crippen LogP contribution >= 0.6 is 0 Å². The van der Waals surface area contributed by atoms with Crippen molar-refractivity contribution in [1.29, 1.82) is 0 Å². The van der Waals surface area contributed by atoms with Crippen LogP contribution in [-0.4, -0.2) is 36.2 Å². The molecule has 1 aromatic carbocycles. The SMILES string of the molecule is CCc1ccccc1OC1CN(C(=O)CCC(F)(F)F)C1. The molecule has 3 nitrogen and oxygen atoms in total. The summed E-state index contributed by atoms with van der Waals surface area (Å²) in [6.07, 6.45) is -5.12. The van der Waals surface area contributed by atoms with Crippen LogP contribution in [0.15, 0.2) is 24.3 Å². The lowest BCUT2D eigenvalue weighted by atomic mass is 10.1. The van der Waals surface area contributed by atoms with Gasteiger partial charge >= 0.3 is 6.18 Å². The second-order valence-corrected chi connectivity index (χ2v) is 5.12. The molecule has 1 aromatic rings. The summed E-state index contributed by atoms with van der Waals surface area (Å²) >= 11 is 0. The Labute approximate surface area is 121 Å². The molecule has 0 N–H and O–H groups in total. The van der Waals surface area contributed by atoms with Gasteiger partial charge in [-0.1, -0.05) is 25.1 Å². The third-order valence-electron chi connectivity index (χ3n) is 3.47. The van der Waals surface area contributed by atoms with Gasteiger partial charge in [-0.2, -0.15) is 13.2 Å². The molecule has 1 aliphatic heterocycles. The van der Waals surface area contributed by atoms with Crippen LogP contribution in [0, 0.1) is 0 Å². The number of likely N-dealkylation sites (tertiary alicyclic amines) is 1. The Morgan fingerprint density at radius 1 is 1.33 bits per heavy atom. The summed E-state index contributed by atoms with van der Waals surface area (Å²) < 4.78 is 41.9. The molecule has 1 fully saturated rings. The lowest BCUT2D eigenvalue weighted by molar-refractivity contribution is -0.154. The van der Waals surface area contributed by atoms with E-state index in [9.17, 15) is 18.0 Å². The Kier molecular flexibility index (Phi) is 4.75. The summed E-state index contributed by atoms with van der Waals surface area (Å²) in [7, 11) is 0. The standard InChI is InChI=1S/C15H18F3NO2/c1-2-11-5-3-4-6-13(11)21-12-9-19(10-12)14(20)7-8-15(16,17)18/h3-6,12H,2,7-10H2,1H3. The van der Waals surface area contributed by atoms with E-state index in [0.29, 0.717) is 13.1 Å². The van der Waals surface area contributed by atoms with Crippen molar-refractivity contribution in [1.82, 2.24) is 4.90 Å². The van der Waals surface area contributed by atoms with Crippen molar-refractivity contribution >= 4 is 5.91 Å². The number of rotatable bonds is 5. The average Bonchev–Trinajstić information content (AvgIpc) is 2.39. The minimum absolute atomic E-state index is 0.132. The van der Waals surface area contributed by atoms with Gasteiger partial charge in [0.15, 0.2) is 0 Å². The highest BCUT2D eigenvalue weighted by Gasteiger charge is 2.35. The predicted molar refractivity (Wildman–Crippen MR) is 72.1 cm³/mol. The molecule has 0 atom stereocenters. The summed E-state index contributed by atoms with van der Waals surface area (Å²) in [5.74, 6) is 0.323. The maximum absolute atomic E-state index is 12.1. The quantitative estimate of drug-likeness (QED) is 0.836. The molecular formula is C15H18F3NO2. The molecule has 1 amide bonds. The van der Waals surface area contributed by atoms with E-state index in [-0.39, 0.29) is 6.10 Å². The Hall–Kier alpha value is -1.72. The van der Waals surface area contributed by atoms with Crippen molar-refractivity contribution in [3.05, 3.63) is 29.8 Å². The average molecular weight is 301 g/mol. The number of alkyl halides is 3. The second kappa shape index (κ2) is 6.37. The summed E-state index contributed by atoms with van der Waals surface area (Å²) in [5.41, 5.74) is 1.08.